The summed E-state index contributed by atoms with van der Waals surface area (Å²) in [6.45, 7) is 0.216. The Morgan fingerprint density at radius 1 is 1.19 bits per heavy atom. The zero-order valence-electron chi connectivity index (χ0n) is 15.0. The van der Waals surface area contributed by atoms with Crippen LogP contribution >= 0.6 is 0 Å². The zero-order valence-corrected chi connectivity index (χ0v) is 15.8. The highest BCUT2D eigenvalue weighted by atomic mass is 32.2. The summed E-state index contributed by atoms with van der Waals surface area (Å²) in [6, 6.07) is 9.42. The molecule has 3 rings (SSSR count). The molecule has 140 valence electrons. The highest BCUT2D eigenvalue weighted by molar-refractivity contribution is 7.88. The van der Waals surface area contributed by atoms with E-state index in [0.29, 0.717) is 5.69 Å². The number of fused-ring (bicyclic) bond motifs is 1. The van der Waals surface area contributed by atoms with E-state index in [9.17, 15) is 13.2 Å². The molecule has 0 spiro atoms. The molecule has 0 atom stereocenters. The van der Waals surface area contributed by atoms with E-state index in [4.69, 9.17) is 0 Å². The van der Waals surface area contributed by atoms with E-state index in [1.54, 1.807) is 6.20 Å². The summed E-state index contributed by atoms with van der Waals surface area (Å²) in [5, 5.41) is 3.82. The molecule has 1 heterocycles. The van der Waals surface area contributed by atoms with Crippen LogP contribution in [0.5, 0.6) is 0 Å². The lowest BCUT2D eigenvalue weighted by molar-refractivity contribution is -0.116. The van der Waals surface area contributed by atoms with Gasteiger partial charge in [-0.1, -0.05) is 37.5 Å². The van der Waals surface area contributed by atoms with Gasteiger partial charge in [0.05, 0.1) is 17.5 Å². The number of nitrogens with one attached hydrogen (secondary N) is 1. The van der Waals surface area contributed by atoms with Crippen LogP contribution in [0.15, 0.2) is 36.5 Å². The molecule has 0 unspecified atom stereocenters. The van der Waals surface area contributed by atoms with Gasteiger partial charge in [0.25, 0.3) is 0 Å². The average Bonchev–Trinajstić information content (AvgIpc) is 2.62. The van der Waals surface area contributed by atoms with Crippen molar-refractivity contribution in [2.45, 2.75) is 44.6 Å². The van der Waals surface area contributed by atoms with Gasteiger partial charge in [-0.05, 0) is 25.0 Å². The van der Waals surface area contributed by atoms with Gasteiger partial charge in [0.2, 0.25) is 15.9 Å². The van der Waals surface area contributed by atoms with E-state index in [0.717, 1.165) is 43.0 Å². The fourth-order valence-electron chi connectivity index (χ4n) is 3.62. The Labute approximate surface area is 154 Å². The van der Waals surface area contributed by atoms with Crippen LogP contribution in [0.4, 0.5) is 5.69 Å². The lowest BCUT2D eigenvalue weighted by Gasteiger charge is -2.32. The summed E-state index contributed by atoms with van der Waals surface area (Å²) >= 11 is 0. The molecule has 1 aromatic carbocycles. The minimum absolute atomic E-state index is 0.0192. The van der Waals surface area contributed by atoms with Crippen LogP contribution in [0.3, 0.4) is 0 Å². The maximum Gasteiger partial charge on any atom is 0.225 e. The number of hydrogen-bond donors (Lipinski definition) is 1. The molecule has 2 aromatic rings. The van der Waals surface area contributed by atoms with E-state index in [-0.39, 0.29) is 24.9 Å². The van der Waals surface area contributed by atoms with Gasteiger partial charge in [0.1, 0.15) is 0 Å². The summed E-state index contributed by atoms with van der Waals surface area (Å²) in [7, 11) is -3.33. The smallest absolute Gasteiger partial charge is 0.225 e. The SMILES string of the molecule is CS(=O)(=O)N(CCC(=O)Nc1cccc2cccnc12)C1CCCCC1. The van der Waals surface area contributed by atoms with Crippen molar-refractivity contribution in [3.8, 4) is 0 Å². The van der Waals surface area contributed by atoms with Crippen LogP contribution in [0, 0.1) is 0 Å². The third-order valence-electron chi connectivity index (χ3n) is 4.87. The van der Waals surface area contributed by atoms with Crippen LogP contribution in [-0.4, -0.2) is 42.5 Å². The molecule has 1 saturated carbocycles. The fraction of sp³-hybridized carbons (Fsp3) is 0.474. The molecule has 1 aliphatic carbocycles. The van der Waals surface area contributed by atoms with E-state index >= 15 is 0 Å². The van der Waals surface area contributed by atoms with E-state index in [1.807, 2.05) is 30.3 Å². The number of carbonyl (C=O) groups excluding carboxylic acids is 1. The topological polar surface area (TPSA) is 79.4 Å². The van der Waals surface area contributed by atoms with Crippen molar-refractivity contribution in [2.75, 3.05) is 18.1 Å². The zero-order chi connectivity index (χ0) is 18.6. The molecule has 0 saturated heterocycles. The molecule has 1 N–H and O–H groups in total. The molecule has 1 aromatic heterocycles. The third kappa shape index (κ3) is 4.59. The van der Waals surface area contributed by atoms with Crippen LogP contribution in [0.25, 0.3) is 10.9 Å². The Balaban J connectivity index is 1.66. The lowest BCUT2D eigenvalue weighted by Crippen LogP contribution is -2.42. The number of pyridine rings is 1. The number of anilines is 1. The van der Waals surface area contributed by atoms with Crippen molar-refractivity contribution in [1.82, 2.24) is 9.29 Å². The first-order valence-electron chi connectivity index (χ1n) is 9.05. The highest BCUT2D eigenvalue weighted by Crippen LogP contribution is 2.25. The average molecular weight is 375 g/mol. The largest absolute Gasteiger partial charge is 0.324 e. The van der Waals surface area contributed by atoms with Gasteiger partial charge >= 0.3 is 0 Å². The number of benzene rings is 1. The number of sulfonamides is 1. The van der Waals surface area contributed by atoms with E-state index < -0.39 is 10.0 Å². The molecule has 1 aliphatic rings. The van der Waals surface area contributed by atoms with Crippen LogP contribution < -0.4 is 5.32 Å². The van der Waals surface area contributed by atoms with Crippen LogP contribution in [-0.2, 0) is 14.8 Å². The fourth-order valence-corrected chi connectivity index (χ4v) is 4.79. The van der Waals surface area contributed by atoms with Crippen molar-refractivity contribution in [1.29, 1.82) is 0 Å². The Morgan fingerprint density at radius 2 is 1.92 bits per heavy atom. The molecule has 0 radical (unpaired) electrons. The molecule has 1 fully saturated rings. The second-order valence-electron chi connectivity index (χ2n) is 6.84. The Bertz CT molecular complexity index is 871. The second kappa shape index (κ2) is 8.14. The second-order valence-corrected chi connectivity index (χ2v) is 8.78. The van der Waals surface area contributed by atoms with Gasteiger partial charge in [-0.15, -0.1) is 0 Å². The minimum atomic E-state index is -3.33. The summed E-state index contributed by atoms with van der Waals surface area (Å²) < 4.78 is 25.8. The Morgan fingerprint density at radius 3 is 2.65 bits per heavy atom. The lowest BCUT2D eigenvalue weighted by atomic mass is 9.95. The molecule has 6 nitrogen and oxygen atoms in total. The predicted octanol–water partition coefficient (Wildman–Crippen LogP) is 3.16. The normalized spacial score (nSPS) is 16.1. The van der Waals surface area contributed by atoms with Crippen molar-refractivity contribution in [3.63, 3.8) is 0 Å². The maximum atomic E-state index is 12.4. The summed E-state index contributed by atoms with van der Waals surface area (Å²) in [5.74, 6) is -0.201. The minimum Gasteiger partial charge on any atom is -0.324 e. The summed E-state index contributed by atoms with van der Waals surface area (Å²) in [6.07, 6.45) is 8.05. The Hall–Kier alpha value is -1.99. The quantitative estimate of drug-likeness (QED) is 0.841. The molecular weight excluding hydrogens is 350 g/mol. The Kier molecular flexibility index (Phi) is 5.88. The van der Waals surface area contributed by atoms with Crippen LogP contribution in [0.1, 0.15) is 38.5 Å². The molecule has 1 amide bonds. The number of aromatic nitrogens is 1. The number of hydrogen-bond acceptors (Lipinski definition) is 4. The van der Waals surface area contributed by atoms with Gasteiger partial charge in [0.15, 0.2) is 0 Å². The summed E-state index contributed by atoms with van der Waals surface area (Å²) in [4.78, 5) is 16.7. The molecule has 7 heteroatoms. The number of amides is 1. The van der Waals surface area contributed by atoms with Crippen molar-refractivity contribution >= 4 is 32.5 Å². The first-order valence-corrected chi connectivity index (χ1v) is 10.9. The number of para-hydroxylation sites is 1. The maximum absolute atomic E-state index is 12.4. The first kappa shape index (κ1) is 18.8. The number of carbonyl (C=O) groups is 1. The third-order valence-corrected chi connectivity index (χ3v) is 6.21. The molecular formula is C19H25N3O3S. The number of nitrogens with zero attached hydrogens (tertiary/aromatic N) is 2. The van der Waals surface area contributed by atoms with Gasteiger partial charge in [-0.2, -0.15) is 4.31 Å². The summed E-state index contributed by atoms with van der Waals surface area (Å²) in [5.41, 5.74) is 1.38. The van der Waals surface area contributed by atoms with Crippen molar-refractivity contribution in [2.24, 2.45) is 0 Å². The van der Waals surface area contributed by atoms with E-state index in [2.05, 4.69) is 10.3 Å². The number of rotatable bonds is 6. The van der Waals surface area contributed by atoms with Crippen LogP contribution in [0.2, 0.25) is 0 Å². The molecule has 0 bridgehead atoms. The van der Waals surface area contributed by atoms with E-state index in [1.165, 1.54) is 10.6 Å². The standard InChI is InChI=1S/C19H25N3O3S/c1-26(24,25)22(16-9-3-2-4-10-16)14-12-18(23)21-17-11-5-7-15-8-6-13-20-19(15)17/h5-8,11,13,16H,2-4,9-10,12,14H2,1H3,(H,21,23). The van der Waals surface area contributed by atoms with Gasteiger partial charge in [0, 0.05) is 30.6 Å². The van der Waals surface area contributed by atoms with Gasteiger partial charge in [-0.25, -0.2) is 8.42 Å². The van der Waals surface area contributed by atoms with Crippen molar-refractivity contribution in [3.05, 3.63) is 36.5 Å². The van der Waals surface area contributed by atoms with Gasteiger partial charge in [-0.3, -0.25) is 9.78 Å². The van der Waals surface area contributed by atoms with Crippen molar-refractivity contribution < 1.29 is 13.2 Å². The van der Waals surface area contributed by atoms with Gasteiger partial charge < -0.3 is 5.32 Å². The predicted molar refractivity (Wildman–Crippen MR) is 103 cm³/mol. The molecule has 0 aliphatic heterocycles. The monoisotopic (exact) mass is 375 g/mol. The molecule has 26 heavy (non-hydrogen) atoms. The first-order chi connectivity index (χ1) is 12.4. The highest BCUT2D eigenvalue weighted by Gasteiger charge is 2.28.